The molecular formula is C20H30IN5O2. The van der Waals surface area contributed by atoms with E-state index in [9.17, 15) is 4.79 Å². The fourth-order valence-electron chi connectivity index (χ4n) is 3.44. The third-order valence-corrected chi connectivity index (χ3v) is 4.89. The van der Waals surface area contributed by atoms with Gasteiger partial charge in [0.25, 0.3) is 0 Å². The smallest absolute Gasteiger partial charge is 0.309 e. The topological polar surface area (TPSA) is 71.2 Å². The third kappa shape index (κ3) is 5.36. The molecule has 0 aromatic carbocycles. The summed E-state index contributed by atoms with van der Waals surface area (Å²) in [5.74, 6) is 0.818. The highest BCUT2D eigenvalue weighted by molar-refractivity contribution is 14.0. The molecule has 7 nitrogen and oxygen atoms in total. The lowest BCUT2D eigenvalue weighted by Crippen LogP contribution is -2.46. The average molecular weight is 499 g/mol. The molecule has 1 fully saturated rings. The van der Waals surface area contributed by atoms with Crippen LogP contribution in [0.25, 0.3) is 5.65 Å². The second kappa shape index (κ2) is 10.6. The van der Waals surface area contributed by atoms with Gasteiger partial charge in [-0.2, -0.15) is 0 Å². The van der Waals surface area contributed by atoms with Gasteiger partial charge in [-0.15, -0.1) is 24.0 Å². The number of likely N-dealkylation sites (tertiary alicyclic amines) is 1. The second-order valence-corrected chi connectivity index (χ2v) is 6.81. The van der Waals surface area contributed by atoms with Gasteiger partial charge < -0.3 is 19.4 Å². The van der Waals surface area contributed by atoms with E-state index in [0.29, 0.717) is 13.2 Å². The predicted octanol–water partition coefficient (Wildman–Crippen LogP) is 3.00. The summed E-state index contributed by atoms with van der Waals surface area (Å²) in [4.78, 5) is 23.6. The molecule has 0 saturated carbocycles. The number of fused-ring (bicyclic) bond motifs is 1. The number of pyridine rings is 1. The largest absolute Gasteiger partial charge is 0.466 e. The summed E-state index contributed by atoms with van der Waals surface area (Å²) in [5.41, 5.74) is 3.05. The van der Waals surface area contributed by atoms with E-state index in [4.69, 9.17) is 9.73 Å². The lowest BCUT2D eigenvalue weighted by atomic mass is 9.97. The van der Waals surface area contributed by atoms with E-state index >= 15 is 0 Å². The zero-order valence-electron chi connectivity index (χ0n) is 16.9. The van der Waals surface area contributed by atoms with Crippen LogP contribution in [0.2, 0.25) is 0 Å². The maximum Gasteiger partial charge on any atom is 0.309 e. The summed E-state index contributed by atoms with van der Waals surface area (Å²) < 4.78 is 7.24. The number of aromatic nitrogens is 2. The van der Waals surface area contributed by atoms with Crippen LogP contribution in [0.15, 0.2) is 29.4 Å². The number of aliphatic imine (C=N–C) groups is 1. The Morgan fingerprint density at radius 1 is 1.32 bits per heavy atom. The van der Waals surface area contributed by atoms with Crippen LogP contribution < -0.4 is 5.32 Å². The Labute approximate surface area is 183 Å². The highest BCUT2D eigenvalue weighted by Gasteiger charge is 2.27. The minimum Gasteiger partial charge on any atom is -0.466 e. The number of hydrogen-bond acceptors (Lipinski definition) is 4. The van der Waals surface area contributed by atoms with Crippen LogP contribution in [0.4, 0.5) is 0 Å². The highest BCUT2D eigenvalue weighted by Crippen LogP contribution is 2.19. The molecule has 0 bridgehead atoms. The Bertz CT molecular complexity index is 812. The van der Waals surface area contributed by atoms with Crippen LogP contribution in [-0.2, 0) is 16.1 Å². The van der Waals surface area contributed by atoms with Crippen LogP contribution >= 0.6 is 24.0 Å². The molecule has 2 aromatic rings. The molecule has 1 N–H and O–H groups in total. The number of carbonyl (C=O) groups is 1. The highest BCUT2D eigenvalue weighted by atomic mass is 127. The van der Waals surface area contributed by atoms with Crippen molar-refractivity contribution in [1.29, 1.82) is 0 Å². The number of esters is 1. The normalized spacial score (nSPS) is 15.4. The van der Waals surface area contributed by atoms with Gasteiger partial charge in [0.2, 0.25) is 0 Å². The number of piperidine rings is 1. The number of imidazole rings is 1. The van der Waals surface area contributed by atoms with Crippen molar-refractivity contribution in [2.45, 2.75) is 40.2 Å². The molecule has 28 heavy (non-hydrogen) atoms. The first kappa shape index (κ1) is 22.4. The summed E-state index contributed by atoms with van der Waals surface area (Å²) in [6.07, 6.45) is 3.65. The zero-order valence-corrected chi connectivity index (χ0v) is 19.2. The van der Waals surface area contributed by atoms with Gasteiger partial charge in [0.05, 0.1) is 24.8 Å². The van der Waals surface area contributed by atoms with Gasteiger partial charge in [0.15, 0.2) is 5.96 Å². The molecule has 1 aliphatic heterocycles. The summed E-state index contributed by atoms with van der Waals surface area (Å²) in [6.45, 7) is 9.38. The molecule has 1 aliphatic rings. The van der Waals surface area contributed by atoms with Crippen molar-refractivity contribution < 1.29 is 9.53 Å². The molecule has 0 amide bonds. The molecule has 3 rings (SSSR count). The molecule has 0 aliphatic carbocycles. The SMILES string of the molecule is CCNC(=NCc1cn2c(C)cccc2n1)N1CCC(C(=O)OCC)CC1.I. The van der Waals surface area contributed by atoms with Crippen molar-refractivity contribution in [2.24, 2.45) is 10.9 Å². The monoisotopic (exact) mass is 499 g/mol. The number of nitrogens with one attached hydrogen (secondary N) is 1. The second-order valence-electron chi connectivity index (χ2n) is 6.81. The minimum absolute atomic E-state index is 0. The van der Waals surface area contributed by atoms with Crippen molar-refractivity contribution in [3.63, 3.8) is 0 Å². The molecule has 2 aromatic heterocycles. The standard InChI is InChI=1S/C20H29N5O2.HI/c1-4-21-20(24-11-9-16(10-12-24)19(26)27-5-2)22-13-17-14-25-15(3)7-6-8-18(25)23-17;/h6-8,14,16H,4-5,9-13H2,1-3H3,(H,21,22);1H. The Balaban J connectivity index is 0.00000280. The van der Waals surface area contributed by atoms with Gasteiger partial charge in [0.1, 0.15) is 5.65 Å². The Kier molecular flexibility index (Phi) is 8.53. The number of carbonyl (C=O) groups excluding carboxylic acids is 1. The van der Waals surface area contributed by atoms with E-state index < -0.39 is 0 Å². The Hall–Kier alpha value is -1.84. The van der Waals surface area contributed by atoms with Crippen molar-refractivity contribution in [1.82, 2.24) is 19.6 Å². The number of ether oxygens (including phenoxy) is 1. The summed E-state index contributed by atoms with van der Waals surface area (Å²) in [6, 6.07) is 6.09. The molecule has 3 heterocycles. The van der Waals surface area contributed by atoms with Gasteiger partial charge in [0, 0.05) is 31.5 Å². The lowest BCUT2D eigenvalue weighted by molar-refractivity contribution is -0.149. The fourth-order valence-corrected chi connectivity index (χ4v) is 3.44. The number of hydrogen-bond donors (Lipinski definition) is 1. The summed E-state index contributed by atoms with van der Waals surface area (Å²) in [5, 5.41) is 3.36. The van der Waals surface area contributed by atoms with Gasteiger partial charge in [-0.3, -0.25) is 4.79 Å². The van der Waals surface area contributed by atoms with E-state index in [2.05, 4.69) is 39.5 Å². The number of rotatable bonds is 5. The van der Waals surface area contributed by atoms with E-state index in [1.54, 1.807) is 0 Å². The van der Waals surface area contributed by atoms with Crippen molar-refractivity contribution in [2.75, 3.05) is 26.2 Å². The predicted molar refractivity (Wildman–Crippen MR) is 121 cm³/mol. The molecule has 0 atom stereocenters. The molecular weight excluding hydrogens is 469 g/mol. The average Bonchev–Trinajstić information content (AvgIpc) is 3.10. The Morgan fingerprint density at radius 3 is 2.71 bits per heavy atom. The number of guanidine groups is 1. The van der Waals surface area contributed by atoms with E-state index in [1.807, 2.05) is 25.3 Å². The van der Waals surface area contributed by atoms with Crippen molar-refractivity contribution >= 4 is 41.6 Å². The van der Waals surface area contributed by atoms with Crippen molar-refractivity contribution in [3.05, 3.63) is 35.8 Å². The first-order valence-corrected chi connectivity index (χ1v) is 9.75. The lowest BCUT2D eigenvalue weighted by Gasteiger charge is -2.33. The minimum atomic E-state index is -0.0702. The first-order valence-electron chi connectivity index (χ1n) is 9.75. The molecule has 8 heteroatoms. The van der Waals surface area contributed by atoms with Gasteiger partial charge in [-0.25, -0.2) is 9.98 Å². The fraction of sp³-hybridized carbons (Fsp3) is 0.550. The van der Waals surface area contributed by atoms with Crippen LogP contribution in [0.5, 0.6) is 0 Å². The van der Waals surface area contributed by atoms with Crippen LogP contribution in [0.1, 0.15) is 38.1 Å². The zero-order chi connectivity index (χ0) is 19.2. The molecule has 154 valence electrons. The molecule has 0 unspecified atom stereocenters. The first-order chi connectivity index (χ1) is 13.1. The maximum atomic E-state index is 11.9. The van der Waals surface area contributed by atoms with Crippen LogP contribution in [0, 0.1) is 12.8 Å². The van der Waals surface area contributed by atoms with Gasteiger partial charge >= 0.3 is 5.97 Å². The number of halogens is 1. The number of aryl methyl sites for hydroxylation is 1. The number of nitrogens with zero attached hydrogens (tertiary/aromatic N) is 4. The Morgan fingerprint density at radius 2 is 2.07 bits per heavy atom. The molecule has 0 spiro atoms. The van der Waals surface area contributed by atoms with E-state index in [0.717, 1.165) is 55.5 Å². The van der Waals surface area contributed by atoms with Gasteiger partial charge in [-0.05, 0) is 45.7 Å². The van der Waals surface area contributed by atoms with E-state index in [1.165, 1.54) is 0 Å². The summed E-state index contributed by atoms with van der Waals surface area (Å²) in [7, 11) is 0. The van der Waals surface area contributed by atoms with Gasteiger partial charge in [-0.1, -0.05) is 6.07 Å². The van der Waals surface area contributed by atoms with Crippen LogP contribution in [-0.4, -0.2) is 52.5 Å². The van der Waals surface area contributed by atoms with Crippen molar-refractivity contribution in [3.8, 4) is 0 Å². The van der Waals surface area contributed by atoms with E-state index in [-0.39, 0.29) is 35.9 Å². The third-order valence-electron chi connectivity index (χ3n) is 4.89. The molecule has 0 radical (unpaired) electrons. The quantitative estimate of drug-likeness (QED) is 0.297. The maximum absolute atomic E-state index is 11.9. The molecule has 1 saturated heterocycles. The van der Waals surface area contributed by atoms with Crippen LogP contribution in [0.3, 0.4) is 0 Å². The summed E-state index contributed by atoms with van der Waals surface area (Å²) >= 11 is 0.